The van der Waals surface area contributed by atoms with E-state index in [9.17, 15) is 18.0 Å². The van der Waals surface area contributed by atoms with Gasteiger partial charge in [0.15, 0.2) is 0 Å². The van der Waals surface area contributed by atoms with Crippen LogP contribution in [0.3, 0.4) is 0 Å². The van der Waals surface area contributed by atoms with E-state index in [0.29, 0.717) is 17.5 Å². The minimum absolute atomic E-state index is 0.0869. The fraction of sp³-hybridized carbons (Fsp3) is 0.500. The first kappa shape index (κ1) is 21.3. The molecule has 11 heteroatoms. The number of hydrogen-bond acceptors (Lipinski definition) is 6. The Kier molecular flexibility index (Phi) is 6.27. The zero-order chi connectivity index (χ0) is 21.2. The SMILES string of the molecule is Cc1ccc(CN2CC3CN(C(=O)c4cscn4)CC3C2)o1.O=C(O)C(F)(F)F. The first-order chi connectivity index (χ1) is 13.6. The number of thiazole rings is 1. The summed E-state index contributed by atoms with van der Waals surface area (Å²) in [6, 6.07) is 4.07. The smallest absolute Gasteiger partial charge is 0.475 e. The lowest BCUT2D eigenvalue weighted by Crippen LogP contribution is -2.33. The molecule has 158 valence electrons. The van der Waals surface area contributed by atoms with Crippen LogP contribution in [-0.4, -0.2) is 64.1 Å². The van der Waals surface area contributed by atoms with E-state index in [1.807, 2.05) is 23.3 Å². The Morgan fingerprint density at radius 2 is 1.86 bits per heavy atom. The quantitative estimate of drug-likeness (QED) is 0.804. The number of carboxylic acids is 1. The zero-order valence-electron chi connectivity index (χ0n) is 15.6. The molecule has 2 aromatic heterocycles. The molecule has 0 saturated carbocycles. The fourth-order valence-corrected chi connectivity index (χ4v) is 4.18. The molecule has 0 aromatic carbocycles. The molecule has 2 atom stereocenters. The molecule has 1 N–H and O–H groups in total. The number of rotatable bonds is 3. The normalized spacial score (nSPS) is 21.6. The van der Waals surface area contributed by atoms with E-state index in [2.05, 4.69) is 16.0 Å². The summed E-state index contributed by atoms with van der Waals surface area (Å²) in [5.74, 6) is 0.496. The molecule has 4 heterocycles. The van der Waals surface area contributed by atoms with Crippen LogP contribution in [0.2, 0.25) is 0 Å². The number of furan rings is 1. The fourth-order valence-electron chi connectivity index (χ4n) is 3.66. The highest BCUT2D eigenvalue weighted by molar-refractivity contribution is 7.07. The van der Waals surface area contributed by atoms with Crippen LogP contribution in [0, 0.1) is 18.8 Å². The van der Waals surface area contributed by atoms with Crippen LogP contribution in [0.15, 0.2) is 27.4 Å². The summed E-state index contributed by atoms with van der Waals surface area (Å²) >= 11 is 1.47. The Labute approximate surface area is 168 Å². The molecule has 2 aliphatic heterocycles. The minimum Gasteiger partial charge on any atom is -0.475 e. The van der Waals surface area contributed by atoms with E-state index in [0.717, 1.165) is 44.2 Å². The molecule has 7 nitrogen and oxygen atoms in total. The highest BCUT2D eigenvalue weighted by Gasteiger charge is 2.42. The van der Waals surface area contributed by atoms with Crippen molar-refractivity contribution >= 4 is 23.2 Å². The predicted molar refractivity (Wildman–Crippen MR) is 97.4 cm³/mol. The number of aliphatic carboxylic acids is 1. The zero-order valence-corrected chi connectivity index (χ0v) is 16.4. The summed E-state index contributed by atoms with van der Waals surface area (Å²) in [7, 11) is 0. The molecule has 2 saturated heterocycles. The summed E-state index contributed by atoms with van der Waals surface area (Å²) in [5, 5.41) is 8.96. The Hall–Kier alpha value is -2.40. The van der Waals surface area contributed by atoms with Gasteiger partial charge >= 0.3 is 12.1 Å². The van der Waals surface area contributed by atoms with Crippen LogP contribution in [-0.2, 0) is 11.3 Å². The molecule has 4 rings (SSSR count). The van der Waals surface area contributed by atoms with Gasteiger partial charge in [-0.3, -0.25) is 9.69 Å². The second kappa shape index (κ2) is 8.54. The molecule has 0 bridgehead atoms. The molecule has 29 heavy (non-hydrogen) atoms. The van der Waals surface area contributed by atoms with Gasteiger partial charge in [-0.1, -0.05) is 0 Å². The Morgan fingerprint density at radius 3 is 2.31 bits per heavy atom. The molecule has 0 radical (unpaired) electrons. The van der Waals surface area contributed by atoms with Gasteiger partial charge in [-0.2, -0.15) is 13.2 Å². The molecule has 1 amide bonds. The second-order valence-corrected chi connectivity index (χ2v) is 7.83. The second-order valence-electron chi connectivity index (χ2n) is 7.11. The summed E-state index contributed by atoms with van der Waals surface area (Å²) < 4.78 is 37.4. The third kappa shape index (κ3) is 5.36. The number of halogens is 3. The highest BCUT2D eigenvalue weighted by Crippen LogP contribution is 2.32. The number of likely N-dealkylation sites (tertiary alicyclic amines) is 2. The number of carboxylic acid groups (broad SMARTS) is 1. The maximum Gasteiger partial charge on any atom is 0.490 e. The van der Waals surface area contributed by atoms with Crippen molar-refractivity contribution in [2.75, 3.05) is 26.2 Å². The average Bonchev–Trinajstić information content (AvgIpc) is 3.38. The third-order valence-electron chi connectivity index (χ3n) is 4.92. The van der Waals surface area contributed by atoms with Gasteiger partial charge in [-0.25, -0.2) is 9.78 Å². The van der Waals surface area contributed by atoms with Crippen LogP contribution < -0.4 is 0 Å². The lowest BCUT2D eigenvalue weighted by atomic mass is 10.0. The topological polar surface area (TPSA) is 86.9 Å². The number of amides is 1. The van der Waals surface area contributed by atoms with E-state index < -0.39 is 12.1 Å². The molecule has 2 unspecified atom stereocenters. The molecule has 0 spiro atoms. The van der Waals surface area contributed by atoms with E-state index in [1.54, 1.807) is 5.51 Å². The van der Waals surface area contributed by atoms with Crippen LogP contribution in [0.25, 0.3) is 0 Å². The van der Waals surface area contributed by atoms with Gasteiger partial charge in [0.1, 0.15) is 17.2 Å². The van der Waals surface area contributed by atoms with Crippen molar-refractivity contribution in [1.29, 1.82) is 0 Å². The van der Waals surface area contributed by atoms with Gasteiger partial charge in [0.2, 0.25) is 0 Å². The number of fused-ring (bicyclic) bond motifs is 1. The summed E-state index contributed by atoms with van der Waals surface area (Å²) in [4.78, 5) is 29.8. The van der Waals surface area contributed by atoms with Gasteiger partial charge in [0, 0.05) is 31.6 Å². The van der Waals surface area contributed by atoms with Crippen molar-refractivity contribution < 1.29 is 32.3 Å². The number of alkyl halides is 3. The van der Waals surface area contributed by atoms with Crippen LogP contribution >= 0.6 is 11.3 Å². The summed E-state index contributed by atoms with van der Waals surface area (Å²) in [5.41, 5.74) is 2.31. The number of aryl methyl sites for hydroxylation is 1. The lowest BCUT2D eigenvalue weighted by molar-refractivity contribution is -0.192. The molecule has 2 aromatic rings. The molecule has 2 fully saturated rings. The average molecular weight is 431 g/mol. The minimum atomic E-state index is -5.08. The van der Waals surface area contributed by atoms with Crippen LogP contribution in [0.1, 0.15) is 22.0 Å². The molecular formula is C18H20F3N3O4S. The first-order valence-corrected chi connectivity index (χ1v) is 9.83. The van der Waals surface area contributed by atoms with Crippen molar-refractivity contribution in [3.63, 3.8) is 0 Å². The van der Waals surface area contributed by atoms with Crippen molar-refractivity contribution in [2.24, 2.45) is 11.8 Å². The van der Waals surface area contributed by atoms with Crippen molar-refractivity contribution in [3.8, 4) is 0 Å². The van der Waals surface area contributed by atoms with E-state index in [-0.39, 0.29) is 5.91 Å². The third-order valence-corrected chi connectivity index (χ3v) is 5.50. The van der Waals surface area contributed by atoms with Gasteiger partial charge in [-0.05, 0) is 30.9 Å². The highest BCUT2D eigenvalue weighted by atomic mass is 32.1. The number of nitrogens with zero attached hydrogens (tertiary/aromatic N) is 3. The largest absolute Gasteiger partial charge is 0.490 e. The molecular weight excluding hydrogens is 411 g/mol. The molecule has 2 aliphatic rings. The van der Waals surface area contributed by atoms with E-state index in [1.165, 1.54) is 11.3 Å². The maximum atomic E-state index is 12.4. The Bertz CT molecular complexity index is 839. The van der Waals surface area contributed by atoms with Gasteiger partial charge < -0.3 is 14.4 Å². The van der Waals surface area contributed by atoms with E-state index in [4.69, 9.17) is 14.3 Å². The Morgan fingerprint density at radius 1 is 1.24 bits per heavy atom. The number of aromatic nitrogens is 1. The van der Waals surface area contributed by atoms with Crippen molar-refractivity contribution in [3.05, 3.63) is 40.2 Å². The maximum absolute atomic E-state index is 12.4. The van der Waals surface area contributed by atoms with Gasteiger partial charge in [0.05, 0.1) is 12.1 Å². The molecule has 0 aliphatic carbocycles. The number of hydrogen-bond donors (Lipinski definition) is 1. The van der Waals surface area contributed by atoms with Crippen molar-refractivity contribution in [2.45, 2.75) is 19.6 Å². The predicted octanol–water partition coefficient (Wildman–Crippen LogP) is 2.88. The van der Waals surface area contributed by atoms with E-state index >= 15 is 0 Å². The first-order valence-electron chi connectivity index (χ1n) is 8.88. The number of carbonyl (C=O) groups is 2. The van der Waals surface area contributed by atoms with Crippen LogP contribution in [0.4, 0.5) is 13.2 Å². The summed E-state index contributed by atoms with van der Waals surface area (Å²) in [6.45, 7) is 6.66. The Balaban J connectivity index is 0.000000298. The van der Waals surface area contributed by atoms with Crippen LogP contribution in [0.5, 0.6) is 0 Å². The summed E-state index contributed by atoms with van der Waals surface area (Å²) in [6.07, 6.45) is -5.08. The lowest BCUT2D eigenvalue weighted by Gasteiger charge is -2.20. The standard InChI is InChI=1S/C16H19N3O2S.C2HF3O2/c1-11-2-3-14(21-11)8-18-4-12-6-19(7-13(12)5-18)16(20)15-9-22-10-17-15;3-2(4,5)1(6)7/h2-3,9-10,12-13H,4-8H2,1H3;(H,6,7). The number of carbonyl (C=O) groups excluding carboxylic acids is 1. The van der Waals surface area contributed by atoms with Gasteiger partial charge in [0.25, 0.3) is 5.91 Å². The van der Waals surface area contributed by atoms with Gasteiger partial charge in [-0.15, -0.1) is 11.3 Å². The monoisotopic (exact) mass is 431 g/mol. The van der Waals surface area contributed by atoms with Crippen molar-refractivity contribution in [1.82, 2.24) is 14.8 Å².